The lowest BCUT2D eigenvalue weighted by Crippen LogP contribution is -2.21. The molecule has 0 unspecified atom stereocenters. The molecule has 10 heteroatoms. The fraction of sp³-hybridized carbons (Fsp3) is 0.333. The number of carboxylic acid groups (broad SMARTS) is 2. The fourth-order valence-electron chi connectivity index (χ4n) is 1.86. The second-order valence-electron chi connectivity index (χ2n) is 5.45. The molecule has 0 saturated heterocycles. The van der Waals surface area contributed by atoms with Crippen LogP contribution in [0.5, 0.6) is 5.75 Å². The SMILES string of the molecule is O=C(O)C(F)(F)F.O=C(O)CCNCc1ccc(OCCc2cccs2)cc1. The minimum absolute atomic E-state index is 0.143. The first kappa shape index (κ1) is 23.4. The number of aliphatic carboxylic acids is 2. The van der Waals surface area contributed by atoms with Gasteiger partial charge in [0.05, 0.1) is 13.0 Å². The number of carboxylic acids is 2. The molecule has 0 aliphatic rings. The molecule has 6 nitrogen and oxygen atoms in total. The lowest BCUT2D eigenvalue weighted by atomic mass is 10.2. The molecular formula is C18H20F3NO5S. The third-order valence-electron chi connectivity index (χ3n) is 3.21. The number of benzene rings is 1. The smallest absolute Gasteiger partial charge is 0.490 e. The van der Waals surface area contributed by atoms with Crippen LogP contribution in [0.15, 0.2) is 41.8 Å². The molecule has 0 amide bonds. The molecule has 2 rings (SSSR count). The quantitative estimate of drug-likeness (QED) is 0.538. The van der Waals surface area contributed by atoms with Crippen LogP contribution in [0.1, 0.15) is 16.9 Å². The molecule has 0 aliphatic heterocycles. The summed E-state index contributed by atoms with van der Waals surface area (Å²) in [5.41, 5.74) is 1.12. The van der Waals surface area contributed by atoms with E-state index in [2.05, 4.69) is 16.8 Å². The van der Waals surface area contributed by atoms with Gasteiger partial charge in [-0.2, -0.15) is 13.2 Å². The molecule has 0 saturated carbocycles. The maximum atomic E-state index is 10.6. The van der Waals surface area contributed by atoms with Gasteiger partial charge in [-0.1, -0.05) is 18.2 Å². The van der Waals surface area contributed by atoms with E-state index >= 15 is 0 Å². The first-order valence-corrected chi connectivity index (χ1v) is 9.03. The van der Waals surface area contributed by atoms with Gasteiger partial charge in [-0.25, -0.2) is 4.79 Å². The second-order valence-corrected chi connectivity index (χ2v) is 6.48. The Morgan fingerprint density at radius 1 is 1.11 bits per heavy atom. The van der Waals surface area contributed by atoms with Crippen molar-refractivity contribution in [1.29, 1.82) is 0 Å². The number of hydrogen-bond donors (Lipinski definition) is 3. The maximum absolute atomic E-state index is 10.6. The zero-order chi connectivity index (χ0) is 21.0. The zero-order valence-electron chi connectivity index (χ0n) is 14.7. The van der Waals surface area contributed by atoms with Crippen molar-refractivity contribution in [2.75, 3.05) is 13.2 Å². The van der Waals surface area contributed by atoms with Crippen LogP contribution in [0.25, 0.3) is 0 Å². The van der Waals surface area contributed by atoms with Crippen molar-refractivity contribution >= 4 is 23.3 Å². The summed E-state index contributed by atoms with van der Waals surface area (Å²) in [4.78, 5) is 20.6. The van der Waals surface area contributed by atoms with Gasteiger partial charge in [0.25, 0.3) is 0 Å². The van der Waals surface area contributed by atoms with Gasteiger partial charge in [-0.15, -0.1) is 11.3 Å². The number of carbonyl (C=O) groups is 2. The number of ether oxygens (including phenoxy) is 1. The predicted molar refractivity (Wildman–Crippen MR) is 97.6 cm³/mol. The number of rotatable bonds is 9. The average molecular weight is 419 g/mol. The van der Waals surface area contributed by atoms with Gasteiger partial charge in [-0.3, -0.25) is 4.79 Å². The third-order valence-corrected chi connectivity index (χ3v) is 4.14. The summed E-state index contributed by atoms with van der Waals surface area (Å²) in [6.07, 6.45) is -4.01. The summed E-state index contributed by atoms with van der Waals surface area (Å²) in [7, 11) is 0. The molecule has 2 aromatic rings. The minimum atomic E-state index is -5.08. The summed E-state index contributed by atoms with van der Waals surface area (Å²) in [6, 6.07) is 12.0. The standard InChI is InChI=1S/C16H19NO3S.C2HF3O2/c18-16(19)7-9-17-12-13-3-5-14(6-4-13)20-10-8-15-2-1-11-21-15;3-2(4,5)1(6)7/h1-6,11,17H,7-10,12H2,(H,18,19);(H,6,7). The van der Waals surface area contributed by atoms with Gasteiger partial charge in [0.2, 0.25) is 0 Å². The topological polar surface area (TPSA) is 95.9 Å². The first-order valence-electron chi connectivity index (χ1n) is 8.15. The first-order chi connectivity index (χ1) is 13.2. The maximum Gasteiger partial charge on any atom is 0.490 e. The predicted octanol–water partition coefficient (Wildman–Crippen LogP) is 3.57. The zero-order valence-corrected chi connectivity index (χ0v) is 15.6. The highest BCUT2D eigenvalue weighted by molar-refractivity contribution is 7.09. The fourth-order valence-corrected chi connectivity index (χ4v) is 2.55. The molecule has 0 spiro atoms. The van der Waals surface area contributed by atoms with E-state index < -0.39 is 18.1 Å². The Hall–Kier alpha value is -2.59. The minimum Gasteiger partial charge on any atom is -0.493 e. The van der Waals surface area contributed by atoms with Crippen LogP contribution in [0.4, 0.5) is 13.2 Å². The van der Waals surface area contributed by atoms with Crippen LogP contribution < -0.4 is 10.1 Å². The van der Waals surface area contributed by atoms with Crippen molar-refractivity contribution < 1.29 is 37.7 Å². The molecule has 0 atom stereocenters. The Kier molecular flexibility index (Phi) is 10.0. The summed E-state index contributed by atoms with van der Waals surface area (Å²) >= 11 is 1.74. The van der Waals surface area contributed by atoms with Crippen LogP contribution in [-0.4, -0.2) is 41.5 Å². The van der Waals surface area contributed by atoms with Gasteiger partial charge < -0.3 is 20.3 Å². The van der Waals surface area contributed by atoms with Crippen molar-refractivity contribution in [3.05, 3.63) is 52.2 Å². The van der Waals surface area contributed by atoms with E-state index in [1.807, 2.05) is 30.3 Å². The number of nitrogens with one attached hydrogen (secondary N) is 1. The van der Waals surface area contributed by atoms with Gasteiger partial charge in [-0.05, 0) is 29.1 Å². The van der Waals surface area contributed by atoms with Crippen molar-refractivity contribution in [3.8, 4) is 5.75 Å². The Bertz CT molecular complexity index is 718. The largest absolute Gasteiger partial charge is 0.493 e. The van der Waals surface area contributed by atoms with Gasteiger partial charge in [0.15, 0.2) is 0 Å². The summed E-state index contributed by atoms with van der Waals surface area (Å²) in [5.74, 6) is -2.68. The molecule has 3 N–H and O–H groups in total. The van der Waals surface area contributed by atoms with Crippen molar-refractivity contribution in [3.63, 3.8) is 0 Å². The molecule has 0 radical (unpaired) electrons. The molecule has 0 fully saturated rings. The number of halogens is 3. The van der Waals surface area contributed by atoms with E-state index in [1.165, 1.54) is 4.88 Å². The Labute approximate surface area is 163 Å². The molecule has 0 aliphatic carbocycles. The normalized spacial score (nSPS) is 10.7. The summed E-state index contributed by atoms with van der Waals surface area (Å²) in [5, 5.41) is 20.8. The van der Waals surface area contributed by atoms with Crippen LogP contribution in [0, 0.1) is 0 Å². The van der Waals surface area contributed by atoms with Gasteiger partial charge >= 0.3 is 18.1 Å². The average Bonchev–Trinajstić information content (AvgIpc) is 3.13. The number of hydrogen-bond acceptors (Lipinski definition) is 5. The van der Waals surface area contributed by atoms with Crippen LogP contribution in [-0.2, 0) is 22.6 Å². The summed E-state index contributed by atoms with van der Waals surface area (Å²) < 4.78 is 37.4. The molecular weight excluding hydrogens is 399 g/mol. The Balaban J connectivity index is 0.000000480. The van der Waals surface area contributed by atoms with E-state index in [-0.39, 0.29) is 6.42 Å². The van der Waals surface area contributed by atoms with Crippen molar-refractivity contribution in [2.24, 2.45) is 0 Å². The van der Waals surface area contributed by atoms with Gasteiger partial charge in [0, 0.05) is 24.4 Å². The Morgan fingerprint density at radius 2 is 1.75 bits per heavy atom. The monoisotopic (exact) mass is 419 g/mol. The van der Waals surface area contributed by atoms with E-state index in [1.54, 1.807) is 11.3 Å². The van der Waals surface area contributed by atoms with Crippen LogP contribution >= 0.6 is 11.3 Å². The molecule has 28 heavy (non-hydrogen) atoms. The highest BCUT2D eigenvalue weighted by atomic mass is 32.1. The number of alkyl halides is 3. The highest BCUT2D eigenvalue weighted by Gasteiger charge is 2.38. The van der Waals surface area contributed by atoms with E-state index in [4.69, 9.17) is 19.7 Å². The van der Waals surface area contributed by atoms with Gasteiger partial charge in [0.1, 0.15) is 5.75 Å². The van der Waals surface area contributed by atoms with E-state index in [0.717, 1.165) is 17.7 Å². The summed E-state index contributed by atoms with van der Waals surface area (Å²) in [6.45, 7) is 1.83. The van der Waals surface area contributed by atoms with Crippen LogP contribution in [0.2, 0.25) is 0 Å². The van der Waals surface area contributed by atoms with E-state index in [9.17, 15) is 18.0 Å². The van der Waals surface area contributed by atoms with Crippen molar-refractivity contribution in [1.82, 2.24) is 5.32 Å². The molecule has 0 bridgehead atoms. The molecule has 1 aromatic heterocycles. The number of thiophene rings is 1. The Morgan fingerprint density at radius 3 is 2.25 bits per heavy atom. The lowest BCUT2D eigenvalue weighted by Gasteiger charge is -2.07. The second kappa shape index (κ2) is 12.0. The van der Waals surface area contributed by atoms with Crippen molar-refractivity contribution in [2.45, 2.75) is 25.6 Å². The molecule has 1 heterocycles. The molecule has 1 aromatic carbocycles. The molecule has 154 valence electrons. The lowest BCUT2D eigenvalue weighted by molar-refractivity contribution is -0.192. The third kappa shape index (κ3) is 10.5. The van der Waals surface area contributed by atoms with Crippen LogP contribution in [0.3, 0.4) is 0 Å². The highest BCUT2D eigenvalue weighted by Crippen LogP contribution is 2.14. The van der Waals surface area contributed by atoms with E-state index in [0.29, 0.717) is 19.7 Å².